The van der Waals surface area contributed by atoms with Gasteiger partial charge in [0, 0.05) is 6.07 Å². The Morgan fingerprint density at radius 1 is 0.952 bits per heavy atom. The molecule has 0 atom stereocenters. The van der Waals surface area contributed by atoms with E-state index in [0.29, 0.717) is 5.69 Å². The fourth-order valence-electron chi connectivity index (χ4n) is 1.80. The molecule has 9 heteroatoms. The van der Waals surface area contributed by atoms with Crippen LogP contribution in [-0.2, 0) is 4.39 Å². The van der Waals surface area contributed by atoms with Crippen molar-refractivity contribution in [3.8, 4) is 0 Å². The lowest BCUT2D eigenvalue weighted by molar-refractivity contribution is -0.422. The second-order valence-electron chi connectivity index (χ2n) is 3.86. The van der Waals surface area contributed by atoms with Crippen molar-refractivity contribution in [2.24, 2.45) is 0 Å². The third kappa shape index (κ3) is 2.91. The predicted octanol–water partition coefficient (Wildman–Crippen LogP) is 3.73. The second kappa shape index (κ2) is 6.16. The largest absolute Gasteiger partial charge is 0.371 e. The van der Waals surface area contributed by atoms with Crippen LogP contribution in [0.4, 0.5) is 22.7 Å². The summed E-state index contributed by atoms with van der Waals surface area (Å²) in [6, 6.07) is 11.9. The van der Waals surface area contributed by atoms with Crippen LogP contribution in [0, 0.1) is 20.2 Å². The van der Waals surface area contributed by atoms with Crippen LogP contribution < -0.4 is 5.06 Å². The normalized spacial score (nSPS) is 10.1. The lowest BCUT2D eigenvalue weighted by Crippen LogP contribution is -2.14. The van der Waals surface area contributed by atoms with E-state index in [0.717, 1.165) is 11.1 Å². The predicted molar refractivity (Wildman–Crippen MR) is 75.3 cm³/mol. The smallest absolute Gasteiger partial charge is 0.258 e. The van der Waals surface area contributed by atoms with Gasteiger partial charge in [-0.25, -0.2) is 0 Å². The van der Waals surface area contributed by atoms with E-state index in [1.807, 2.05) is 0 Å². The fraction of sp³-hybridized carbons (Fsp3) is 0. The van der Waals surface area contributed by atoms with E-state index in [9.17, 15) is 20.2 Å². The number of anilines is 2. The van der Waals surface area contributed by atoms with Crippen LogP contribution in [0.5, 0.6) is 0 Å². The Kier molecular flexibility index (Phi) is 4.31. The molecule has 0 fully saturated rings. The number of nitrogens with zero attached hydrogens (tertiary/aromatic N) is 3. The van der Waals surface area contributed by atoms with Crippen LogP contribution in [0.15, 0.2) is 48.5 Å². The Hall–Kier alpha value is -2.71. The highest BCUT2D eigenvalue weighted by Gasteiger charge is 2.32. The number of nitro groups is 2. The van der Waals surface area contributed by atoms with Crippen molar-refractivity contribution in [2.75, 3.05) is 5.06 Å². The molecule has 0 aliphatic carbocycles. The number of hydrogen-bond donors (Lipinski definition) is 0. The van der Waals surface area contributed by atoms with Gasteiger partial charge in [0.25, 0.3) is 0 Å². The minimum absolute atomic E-state index is 0.143. The molecule has 0 bridgehead atoms. The Morgan fingerprint density at radius 2 is 1.62 bits per heavy atom. The lowest BCUT2D eigenvalue weighted by atomic mass is 10.2. The Morgan fingerprint density at radius 3 is 2.14 bits per heavy atom. The van der Waals surface area contributed by atoms with E-state index in [4.69, 9.17) is 11.9 Å². The lowest BCUT2D eigenvalue weighted by Gasteiger charge is -2.18. The molecule has 0 aliphatic rings. The summed E-state index contributed by atoms with van der Waals surface area (Å²) in [4.78, 5) is 20.4. The van der Waals surface area contributed by atoms with Crippen LogP contribution in [0.3, 0.4) is 0 Å². The first-order valence-electron chi connectivity index (χ1n) is 5.62. The molecule has 0 spiro atoms. The molecule has 0 amide bonds. The minimum atomic E-state index is -0.848. The number of hydrogen-bond acceptors (Lipinski definition) is 6. The number of halogens is 1. The molecule has 0 aromatic heterocycles. The van der Waals surface area contributed by atoms with Gasteiger partial charge in [0.05, 0.1) is 27.4 Å². The van der Waals surface area contributed by atoms with E-state index in [2.05, 4.69) is 4.39 Å². The first-order valence-corrected chi connectivity index (χ1v) is 5.92. The summed E-state index contributed by atoms with van der Waals surface area (Å²) < 4.78 is 4.63. The van der Waals surface area contributed by atoms with Gasteiger partial charge >= 0.3 is 11.4 Å². The third-order valence-corrected chi connectivity index (χ3v) is 2.79. The highest BCUT2D eigenvalue weighted by Crippen LogP contribution is 2.40. The van der Waals surface area contributed by atoms with E-state index in [-0.39, 0.29) is 5.69 Å². The van der Waals surface area contributed by atoms with Gasteiger partial charge in [-0.3, -0.25) is 20.2 Å². The quantitative estimate of drug-likeness (QED) is 0.616. The monoisotopic (exact) mass is 309 g/mol. The molecular weight excluding hydrogens is 302 g/mol. The molecule has 0 aliphatic heterocycles. The van der Waals surface area contributed by atoms with Gasteiger partial charge < -0.3 is 0 Å². The van der Waals surface area contributed by atoms with Gasteiger partial charge in [-0.2, -0.15) is 9.45 Å². The summed E-state index contributed by atoms with van der Waals surface area (Å²) in [6.45, 7) is 0. The molecule has 2 aromatic carbocycles. The summed E-state index contributed by atoms with van der Waals surface area (Å²) in [7, 11) is 0. The molecule has 21 heavy (non-hydrogen) atoms. The average Bonchev–Trinajstić information content (AvgIpc) is 2.48. The molecule has 2 aromatic rings. The molecular formula is C12H8ClN3O5. The average molecular weight is 310 g/mol. The van der Waals surface area contributed by atoms with Gasteiger partial charge in [0.2, 0.25) is 0 Å². The first-order chi connectivity index (χ1) is 10.1. The Balaban J connectivity index is 2.64. The van der Waals surface area contributed by atoms with Crippen molar-refractivity contribution in [3.63, 3.8) is 0 Å². The van der Waals surface area contributed by atoms with E-state index in [1.165, 1.54) is 12.1 Å². The van der Waals surface area contributed by atoms with E-state index in [1.54, 1.807) is 30.3 Å². The van der Waals surface area contributed by atoms with Crippen molar-refractivity contribution in [2.45, 2.75) is 0 Å². The zero-order valence-electron chi connectivity index (χ0n) is 10.4. The molecule has 108 valence electrons. The number of para-hydroxylation sites is 2. The number of benzene rings is 2. The third-order valence-electron chi connectivity index (χ3n) is 2.65. The summed E-state index contributed by atoms with van der Waals surface area (Å²) in [6.07, 6.45) is 0. The van der Waals surface area contributed by atoms with Crippen molar-refractivity contribution in [3.05, 3.63) is 68.8 Å². The van der Waals surface area contributed by atoms with Crippen molar-refractivity contribution < 1.29 is 14.2 Å². The summed E-state index contributed by atoms with van der Waals surface area (Å²) in [5, 5.41) is 23.0. The van der Waals surface area contributed by atoms with Crippen LogP contribution >= 0.6 is 11.9 Å². The van der Waals surface area contributed by atoms with Crippen LogP contribution in [0.25, 0.3) is 0 Å². The highest BCUT2D eigenvalue weighted by atomic mass is 35.5. The standard InChI is InChI=1S/C12H8ClN3O5/c13-21-14(9-5-2-1-3-6-9)10-7-4-8-11(15(17)18)12(10)16(19)20/h1-8H. The summed E-state index contributed by atoms with van der Waals surface area (Å²) in [5.41, 5.74) is -1.11. The maximum absolute atomic E-state index is 11.2. The molecule has 2 rings (SSSR count). The highest BCUT2D eigenvalue weighted by molar-refractivity contribution is 6.08. The molecule has 8 nitrogen and oxygen atoms in total. The molecule has 0 saturated heterocycles. The SMILES string of the molecule is O=[N+]([O-])c1cccc(N(OCl)c2ccccc2)c1[N+](=O)[O-]. The Bertz CT molecular complexity index is 680. The Labute approximate surface area is 123 Å². The molecule has 0 N–H and O–H groups in total. The van der Waals surface area contributed by atoms with Gasteiger partial charge in [-0.15, -0.1) is 0 Å². The van der Waals surface area contributed by atoms with Crippen LogP contribution in [0.1, 0.15) is 0 Å². The number of rotatable bonds is 5. The fourth-order valence-corrected chi connectivity index (χ4v) is 1.95. The van der Waals surface area contributed by atoms with Gasteiger partial charge in [-0.05, 0) is 18.2 Å². The first kappa shape index (κ1) is 14.7. The zero-order chi connectivity index (χ0) is 15.4. The van der Waals surface area contributed by atoms with Crippen molar-refractivity contribution in [1.82, 2.24) is 0 Å². The molecule has 0 saturated carbocycles. The molecule has 0 heterocycles. The second-order valence-corrected chi connectivity index (χ2v) is 4.00. The summed E-state index contributed by atoms with van der Waals surface area (Å²) in [5.74, 6) is 0. The summed E-state index contributed by atoms with van der Waals surface area (Å²) >= 11 is 5.38. The maximum Gasteiger partial charge on any atom is 0.371 e. The van der Waals surface area contributed by atoms with Crippen LogP contribution in [-0.4, -0.2) is 9.85 Å². The topological polar surface area (TPSA) is 98.8 Å². The minimum Gasteiger partial charge on any atom is -0.258 e. The van der Waals surface area contributed by atoms with Gasteiger partial charge in [0.1, 0.15) is 0 Å². The zero-order valence-corrected chi connectivity index (χ0v) is 11.1. The number of nitro benzene ring substituents is 2. The van der Waals surface area contributed by atoms with Gasteiger partial charge in [0.15, 0.2) is 5.69 Å². The van der Waals surface area contributed by atoms with E-state index >= 15 is 0 Å². The van der Waals surface area contributed by atoms with Gasteiger partial charge in [-0.1, -0.05) is 24.3 Å². The molecule has 0 unspecified atom stereocenters. The van der Waals surface area contributed by atoms with Crippen LogP contribution in [0.2, 0.25) is 0 Å². The maximum atomic E-state index is 11.2. The van der Waals surface area contributed by atoms with Crippen molar-refractivity contribution >= 4 is 34.6 Å². The molecule has 0 radical (unpaired) electrons. The van der Waals surface area contributed by atoms with E-state index < -0.39 is 21.2 Å². The van der Waals surface area contributed by atoms with Crippen molar-refractivity contribution in [1.29, 1.82) is 0 Å².